The van der Waals surface area contributed by atoms with E-state index in [9.17, 15) is 9.59 Å². The molecular weight excluding hydrogens is 396 g/mol. The van der Waals surface area contributed by atoms with E-state index >= 15 is 0 Å². The van der Waals surface area contributed by atoms with E-state index in [1.807, 2.05) is 0 Å². The van der Waals surface area contributed by atoms with Gasteiger partial charge in [-0.25, -0.2) is 0 Å². The lowest BCUT2D eigenvalue weighted by molar-refractivity contribution is -0.232. The molecule has 8 aliphatic carbocycles. The van der Waals surface area contributed by atoms with Gasteiger partial charge in [-0.15, -0.1) is 0 Å². The Bertz CT molecular complexity index is 812. The largest absolute Gasteiger partial charge is 0.469 e. The van der Waals surface area contributed by atoms with Gasteiger partial charge >= 0.3 is 11.9 Å². The van der Waals surface area contributed by atoms with Crippen LogP contribution in [0.4, 0.5) is 0 Å². The van der Waals surface area contributed by atoms with Gasteiger partial charge in [0.05, 0.1) is 17.9 Å². The lowest BCUT2D eigenvalue weighted by Crippen LogP contribution is -2.68. The van der Waals surface area contributed by atoms with Crippen LogP contribution in [0.2, 0.25) is 0 Å². The fraction of sp³-hybridized carbons (Fsp3) is 0.905. The molecule has 5 heteroatoms. The molecule has 1 heterocycles. The molecule has 0 aromatic carbocycles. The number of halogens is 1. The zero-order chi connectivity index (χ0) is 17.3. The second kappa shape index (κ2) is 3.79. The van der Waals surface area contributed by atoms with Crippen molar-refractivity contribution < 1.29 is 19.1 Å². The van der Waals surface area contributed by atoms with Crippen molar-refractivity contribution in [2.45, 2.75) is 36.6 Å². The third-order valence-corrected chi connectivity index (χ3v) is 12.2. The van der Waals surface area contributed by atoms with Crippen LogP contribution in [-0.2, 0) is 19.1 Å². The predicted molar refractivity (Wildman–Crippen MR) is 92.8 cm³/mol. The van der Waals surface area contributed by atoms with Gasteiger partial charge in [0.2, 0.25) is 0 Å². The second-order valence-electron chi connectivity index (χ2n) is 10.6. The molecule has 9 rings (SSSR count). The minimum atomic E-state index is -0.558. The molecule has 8 bridgehead atoms. The van der Waals surface area contributed by atoms with Crippen LogP contribution in [0.15, 0.2) is 0 Å². The highest BCUT2D eigenvalue weighted by Crippen LogP contribution is 2.98. The smallest absolute Gasteiger partial charge is 0.314 e. The highest BCUT2D eigenvalue weighted by molar-refractivity contribution is 9.09. The van der Waals surface area contributed by atoms with Crippen LogP contribution >= 0.6 is 15.9 Å². The Kier molecular flexibility index (Phi) is 2.10. The fourth-order valence-corrected chi connectivity index (χ4v) is 12.8. The molecule has 0 N–H and O–H groups in total. The van der Waals surface area contributed by atoms with Crippen LogP contribution in [0.25, 0.3) is 0 Å². The molecule has 0 unspecified atom stereocenters. The third-order valence-electron chi connectivity index (χ3n) is 11.2. The first kappa shape index (κ1) is 14.4. The number of hydrogen-bond donors (Lipinski definition) is 0. The van der Waals surface area contributed by atoms with Crippen LogP contribution in [-0.4, -0.2) is 30.0 Å². The topological polar surface area (TPSA) is 52.6 Å². The van der Waals surface area contributed by atoms with Gasteiger partial charge in [-0.2, -0.15) is 0 Å². The molecule has 9 aliphatic rings. The summed E-state index contributed by atoms with van der Waals surface area (Å²) in [4.78, 5) is 27.8. The minimum Gasteiger partial charge on any atom is -0.469 e. The van der Waals surface area contributed by atoms with Crippen molar-refractivity contribution in [2.24, 2.45) is 70.0 Å². The number of fused-ring (bicyclic) bond motifs is 1. The maximum atomic E-state index is 13.7. The van der Waals surface area contributed by atoms with Gasteiger partial charge in [-0.05, 0) is 78.9 Å². The van der Waals surface area contributed by atoms with E-state index in [2.05, 4.69) is 15.9 Å². The van der Waals surface area contributed by atoms with E-state index in [0.29, 0.717) is 64.0 Å². The van der Waals surface area contributed by atoms with Crippen LogP contribution in [0, 0.1) is 70.0 Å². The predicted octanol–water partition coefficient (Wildman–Crippen LogP) is 2.64. The summed E-state index contributed by atoms with van der Waals surface area (Å²) < 4.78 is 11.7. The lowest BCUT2D eigenvalue weighted by Gasteiger charge is -2.60. The first-order chi connectivity index (χ1) is 12.6. The summed E-state index contributed by atoms with van der Waals surface area (Å²) in [6.07, 6.45) is 4.71. The quantitative estimate of drug-likeness (QED) is 0.485. The monoisotopic (exact) mass is 418 g/mol. The molecule has 26 heavy (non-hydrogen) atoms. The van der Waals surface area contributed by atoms with Crippen molar-refractivity contribution in [3.05, 3.63) is 0 Å². The first-order valence-electron chi connectivity index (χ1n) is 10.5. The van der Waals surface area contributed by atoms with E-state index in [1.165, 1.54) is 12.8 Å². The molecule has 0 aromatic heterocycles. The standard InChI is InChI=1S/C21H23BrO4/c1-25-18(23)20-15-7-3-5-9-11(7)17-13(15)12-14(21(17,20)19(24)26-9)6-2-4-8(22)10(6)16(12)20/h6-17H,2-5H2,1H3/t6-,7-,8+,9+,10-,11-,12+,13-,14+,15+,16+,17-,20+,21+/m1/s1. The van der Waals surface area contributed by atoms with Gasteiger partial charge in [-0.3, -0.25) is 9.59 Å². The summed E-state index contributed by atoms with van der Waals surface area (Å²) >= 11 is 3.97. The normalized spacial score (nSPS) is 71.7. The van der Waals surface area contributed by atoms with Crippen molar-refractivity contribution in [2.75, 3.05) is 7.11 Å². The van der Waals surface area contributed by atoms with Crippen LogP contribution in [0.1, 0.15) is 25.7 Å². The molecule has 4 nitrogen and oxygen atoms in total. The van der Waals surface area contributed by atoms with Crippen LogP contribution < -0.4 is 0 Å². The Labute approximate surface area is 160 Å². The van der Waals surface area contributed by atoms with E-state index < -0.39 is 10.8 Å². The average molecular weight is 419 g/mol. The Morgan fingerprint density at radius 3 is 2.54 bits per heavy atom. The Morgan fingerprint density at radius 2 is 1.73 bits per heavy atom. The summed E-state index contributed by atoms with van der Waals surface area (Å²) in [5.41, 5.74) is -1.08. The van der Waals surface area contributed by atoms with Crippen molar-refractivity contribution >= 4 is 27.9 Å². The van der Waals surface area contributed by atoms with Gasteiger partial charge < -0.3 is 9.47 Å². The SMILES string of the molecule is COC(=O)[C@]12[C@@H]3[C@H]4[C@H]5[C@H]6[C@@H]7[C@@H](CC[C@@H]7OC(=O)[C@]61[C@H]4[C@@H]1CC[C@H](Br)[C@@H]13)[C@@H]52. The van der Waals surface area contributed by atoms with Crippen molar-refractivity contribution in [1.82, 2.24) is 0 Å². The van der Waals surface area contributed by atoms with Crippen molar-refractivity contribution in [3.8, 4) is 0 Å². The highest BCUT2D eigenvalue weighted by Gasteiger charge is 3.02. The van der Waals surface area contributed by atoms with Gasteiger partial charge in [0.25, 0.3) is 0 Å². The van der Waals surface area contributed by atoms with Crippen LogP contribution in [0.5, 0.6) is 0 Å². The number of rotatable bonds is 1. The molecular formula is C21H23BrO4. The molecule has 9 fully saturated rings. The number of carbonyl (C=O) groups is 2. The number of esters is 2. The molecule has 8 saturated carbocycles. The summed E-state index contributed by atoms with van der Waals surface area (Å²) in [6, 6.07) is 0. The van der Waals surface area contributed by atoms with Gasteiger partial charge in [0, 0.05) is 10.7 Å². The lowest BCUT2D eigenvalue weighted by atomic mass is 9.43. The zero-order valence-corrected chi connectivity index (χ0v) is 16.4. The number of methoxy groups -OCH3 is 1. The zero-order valence-electron chi connectivity index (χ0n) is 14.8. The summed E-state index contributed by atoms with van der Waals surface area (Å²) in [6.45, 7) is 0. The number of hydrogen-bond acceptors (Lipinski definition) is 4. The summed E-state index contributed by atoms with van der Waals surface area (Å²) in [5.74, 6) is 5.01. The summed E-state index contributed by atoms with van der Waals surface area (Å²) in [7, 11) is 1.54. The molecule has 0 radical (unpaired) electrons. The summed E-state index contributed by atoms with van der Waals surface area (Å²) in [5, 5.41) is 0. The van der Waals surface area contributed by atoms with Crippen LogP contribution in [0.3, 0.4) is 0 Å². The highest BCUT2D eigenvalue weighted by atomic mass is 79.9. The fourth-order valence-electron chi connectivity index (χ4n) is 11.8. The molecule has 0 amide bonds. The Morgan fingerprint density at radius 1 is 1.00 bits per heavy atom. The van der Waals surface area contributed by atoms with Crippen molar-refractivity contribution in [1.29, 1.82) is 0 Å². The Balaban J connectivity index is 1.47. The minimum absolute atomic E-state index is 0.00784. The number of carbonyl (C=O) groups excluding carboxylic acids is 2. The van der Waals surface area contributed by atoms with Crippen molar-refractivity contribution in [3.63, 3.8) is 0 Å². The van der Waals surface area contributed by atoms with E-state index in [1.54, 1.807) is 7.11 Å². The van der Waals surface area contributed by atoms with Gasteiger partial charge in [-0.1, -0.05) is 15.9 Å². The number of alkyl halides is 1. The Hall–Kier alpha value is -0.580. The molecule has 1 aliphatic heterocycles. The first-order valence-corrected chi connectivity index (χ1v) is 11.5. The molecule has 1 spiro atoms. The van der Waals surface area contributed by atoms with E-state index in [4.69, 9.17) is 9.47 Å². The maximum Gasteiger partial charge on any atom is 0.314 e. The van der Waals surface area contributed by atoms with Gasteiger partial charge in [0.15, 0.2) is 0 Å². The molecule has 0 aromatic rings. The third kappa shape index (κ3) is 0.931. The maximum absolute atomic E-state index is 13.7. The molecule has 14 atom stereocenters. The molecule has 138 valence electrons. The van der Waals surface area contributed by atoms with E-state index in [0.717, 1.165) is 12.8 Å². The van der Waals surface area contributed by atoms with E-state index in [-0.39, 0.29) is 18.0 Å². The van der Waals surface area contributed by atoms with Gasteiger partial charge in [0.1, 0.15) is 6.10 Å². The molecule has 1 saturated heterocycles. The number of ether oxygens (including phenoxy) is 2. The average Bonchev–Trinajstić information content (AvgIpc) is 3.41. The second-order valence-corrected chi connectivity index (χ2v) is 11.8.